The predicted molar refractivity (Wildman–Crippen MR) is 145 cm³/mol. The Labute approximate surface area is 228 Å². The lowest BCUT2D eigenvalue weighted by Gasteiger charge is -2.33. The first-order valence-corrected chi connectivity index (χ1v) is 13.2. The molecule has 0 spiro atoms. The van der Waals surface area contributed by atoms with Gasteiger partial charge in [-0.3, -0.25) is 24.8 Å². The van der Waals surface area contributed by atoms with Gasteiger partial charge in [0.25, 0.3) is 5.91 Å². The monoisotopic (exact) mass is 552 g/mol. The van der Waals surface area contributed by atoms with Crippen LogP contribution in [0.5, 0.6) is 0 Å². The number of anilines is 1. The van der Waals surface area contributed by atoms with E-state index in [-0.39, 0.29) is 25.0 Å². The number of nitrogens with one attached hydrogen (secondary N) is 2. The van der Waals surface area contributed by atoms with E-state index in [1.807, 2.05) is 54.6 Å². The average molecular weight is 553 g/mol. The zero-order valence-corrected chi connectivity index (χ0v) is 21.9. The van der Waals surface area contributed by atoms with Crippen molar-refractivity contribution in [3.8, 4) is 0 Å². The summed E-state index contributed by atoms with van der Waals surface area (Å²) in [4.78, 5) is 46.7. The van der Waals surface area contributed by atoms with Crippen molar-refractivity contribution in [1.82, 2.24) is 15.7 Å². The van der Waals surface area contributed by atoms with Crippen molar-refractivity contribution < 1.29 is 24.0 Å². The highest BCUT2D eigenvalue weighted by atomic mass is 35.5. The molecule has 38 heavy (non-hydrogen) atoms. The number of benzene rings is 2. The van der Waals surface area contributed by atoms with Gasteiger partial charge in [-0.25, -0.2) is 4.79 Å². The van der Waals surface area contributed by atoms with Gasteiger partial charge < -0.3 is 15.0 Å². The molecule has 2 aromatic carbocycles. The number of hydrogen-bond donors (Lipinski definition) is 2. The molecule has 0 bridgehead atoms. The fourth-order valence-electron chi connectivity index (χ4n) is 4.17. The third kappa shape index (κ3) is 5.99. The maximum atomic E-state index is 12.8. The summed E-state index contributed by atoms with van der Waals surface area (Å²) in [6.07, 6.45) is -0.502. The van der Waals surface area contributed by atoms with Crippen LogP contribution in [0.15, 0.2) is 72.3 Å². The minimum atomic E-state index is -0.502. The molecule has 0 radical (unpaired) electrons. The second-order valence-corrected chi connectivity index (χ2v) is 10.4. The molecule has 11 heteroatoms. The van der Waals surface area contributed by atoms with Crippen LogP contribution in [0.3, 0.4) is 0 Å². The van der Waals surface area contributed by atoms with Crippen LogP contribution >= 0.6 is 22.9 Å². The van der Waals surface area contributed by atoms with Crippen molar-refractivity contribution in [2.45, 2.75) is 6.61 Å². The number of hydroxylamine groups is 1. The van der Waals surface area contributed by atoms with Crippen LogP contribution in [-0.2, 0) is 21.0 Å². The van der Waals surface area contributed by atoms with Gasteiger partial charge in [0.1, 0.15) is 13.2 Å². The van der Waals surface area contributed by atoms with Gasteiger partial charge in [0.05, 0.1) is 21.5 Å². The van der Waals surface area contributed by atoms with Gasteiger partial charge in [-0.05, 0) is 29.8 Å². The number of piperazine rings is 1. The van der Waals surface area contributed by atoms with Crippen LogP contribution in [0.2, 0.25) is 4.34 Å². The molecule has 0 unspecified atom stereocenters. The van der Waals surface area contributed by atoms with Crippen molar-refractivity contribution in [1.29, 1.82) is 0 Å². The van der Waals surface area contributed by atoms with Crippen LogP contribution < -0.4 is 15.7 Å². The normalized spacial score (nSPS) is 15.4. The third-order valence-corrected chi connectivity index (χ3v) is 7.42. The third-order valence-electron chi connectivity index (χ3n) is 6.19. The van der Waals surface area contributed by atoms with E-state index in [0.717, 1.165) is 28.1 Å². The number of rotatable bonds is 7. The molecule has 2 aliphatic heterocycles. The smallest absolute Gasteiger partial charge is 0.410 e. The Morgan fingerprint density at radius 1 is 1.05 bits per heavy atom. The van der Waals surface area contributed by atoms with Crippen LogP contribution in [-0.4, -0.2) is 55.6 Å². The van der Waals surface area contributed by atoms with Gasteiger partial charge in [0.15, 0.2) is 0 Å². The first kappa shape index (κ1) is 25.8. The first-order chi connectivity index (χ1) is 18.5. The summed E-state index contributed by atoms with van der Waals surface area (Å²) in [5.41, 5.74) is 7.08. The summed E-state index contributed by atoms with van der Waals surface area (Å²) >= 11 is 7.14. The Balaban J connectivity index is 1.17. The highest BCUT2D eigenvalue weighted by molar-refractivity contribution is 7.18. The van der Waals surface area contributed by atoms with Gasteiger partial charge in [0, 0.05) is 36.5 Å². The summed E-state index contributed by atoms with van der Waals surface area (Å²) in [6.45, 7) is 1.52. The largest absolute Gasteiger partial charge is 0.445 e. The quantitative estimate of drug-likeness (QED) is 0.458. The topological polar surface area (TPSA) is 100 Å². The van der Waals surface area contributed by atoms with E-state index >= 15 is 0 Å². The number of carbonyl (C=O) groups is 3. The fraction of sp³-hybridized carbons (Fsp3) is 0.222. The highest BCUT2D eigenvalue weighted by Gasteiger charge is 2.29. The number of carbonyl (C=O) groups excluding carboxylic acids is 3. The van der Waals surface area contributed by atoms with E-state index in [4.69, 9.17) is 21.2 Å². The molecule has 3 heterocycles. The number of halogens is 1. The molecule has 3 amide bonds. The molecule has 5 rings (SSSR count). The molecule has 9 nitrogen and oxygen atoms in total. The van der Waals surface area contributed by atoms with E-state index in [1.54, 1.807) is 17.0 Å². The predicted octanol–water partition coefficient (Wildman–Crippen LogP) is 4.06. The van der Waals surface area contributed by atoms with Crippen molar-refractivity contribution in [3.63, 3.8) is 0 Å². The Morgan fingerprint density at radius 3 is 2.55 bits per heavy atom. The van der Waals surface area contributed by atoms with Crippen LogP contribution in [0.25, 0.3) is 5.70 Å². The maximum Gasteiger partial charge on any atom is 0.410 e. The van der Waals surface area contributed by atoms with Crippen molar-refractivity contribution in [3.05, 3.63) is 92.6 Å². The number of thiophene rings is 1. The second-order valence-electron chi connectivity index (χ2n) is 8.71. The van der Waals surface area contributed by atoms with Crippen molar-refractivity contribution in [2.75, 3.05) is 37.7 Å². The Hall–Kier alpha value is -3.86. The minimum absolute atomic E-state index is 0.0464. The molecular formula is C27H25ClN4O5S. The molecule has 3 aromatic rings. The van der Waals surface area contributed by atoms with Gasteiger partial charge in [-0.1, -0.05) is 54.1 Å². The van der Waals surface area contributed by atoms with Crippen molar-refractivity contribution >= 4 is 52.2 Å². The lowest BCUT2D eigenvalue weighted by atomic mass is 10.1. The minimum Gasteiger partial charge on any atom is -0.445 e. The van der Waals surface area contributed by atoms with Gasteiger partial charge in [0.2, 0.25) is 5.91 Å². The molecular weight excluding hydrogens is 528 g/mol. The highest BCUT2D eigenvalue weighted by Crippen LogP contribution is 2.26. The van der Waals surface area contributed by atoms with Gasteiger partial charge in [-0.15, -0.1) is 11.3 Å². The Bertz CT molecular complexity index is 1360. The molecule has 2 aliphatic rings. The molecule has 1 fully saturated rings. The molecule has 196 valence electrons. The van der Waals surface area contributed by atoms with Crippen LogP contribution in [0.4, 0.5) is 10.5 Å². The average Bonchev–Trinajstić information content (AvgIpc) is 3.60. The molecule has 0 aliphatic carbocycles. The lowest BCUT2D eigenvalue weighted by Crippen LogP contribution is -2.52. The standard InChI is InChI=1S/C27H25ClN4O5S/c28-23-11-10-22(38-23)26(34)29-14-20-17-37-30-25(20)19-6-8-21(9-7-19)32-13-12-31(15-24(32)33)27(35)36-16-18-4-2-1-3-5-18/h1-11,30H,12-17H2,(H,29,34). The number of amides is 3. The van der Waals surface area contributed by atoms with Crippen LogP contribution in [0, 0.1) is 0 Å². The van der Waals surface area contributed by atoms with E-state index in [2.05, 4.69) is 10.8 Å². The maximum absolute atomic E-state index is 12.8. The van der Waals surface area contributed by atoms with Crippen LogP contribution in [0.1, 0.15) is 20.8 Å². The summed E-state index contributed by atoms with van der Waals surface area (Å²) < 4.78 is 5.92. The van der Waals surface area contributed by atoms with Crippen molar-refractivity contribution in [2.24, 2.45) is 0 Å². The summed E-state index contributed by atoms with van der Waals surface area (Å²) in [7, 11) is 0. The zero-order valence-electron chi connectivity index (χ0n) is 20.3. The Kier molecular flexibility index (Phi) is 7.92. The number of hydrogen-bond acceptors (Lipinski definition) is 7. The van der Waals surface area contributed by atoms with E-state index in [0.29, 0.717) is 35.5 Å². The molecule has 0 atom stereocenters. The summed E-state index contributed by atoms with van der Waals surface area (Å²) in [5, 5.41) is 2.89. The molecule has 2 N–H and O–H groups in total. The number of nitrogens with zero attached hydrogens (tertiary/aromatic N) is 2. The summed E-state index contributed by atoms with van der Waals surface area (Å²) in [5.74, 6) is -0.378. The lowest BCUT2D eigenvalue weighted by molar-refractivity contribution is -0.120. The van der Waals surface area contributed by atoms with E-state index in [1.165, 1.54) is 16.2 Å². The van der Waals surface area contributed by atoms with Gasteiger partial charge in [-0.2, -0.15) is 0 Å². The SMILES string of the molecule is O=C(NCC1=C(c2ccc(N3CCN(C(=O)OCc4ccccc4)CC3=O)cc2)NOC1)c1ccc(Cl)s1. The van der Waals surface area contributed by atoms with E-state index < -0.39 is 6.09 Å². The summed E-state index contributed by atoms with van der Waals surface area (Å²) in [6, 6.07) is 20.3. The van der Waals surface area contributed by atoms with Gasteiger partial charge >= 0.3 is 6.09 Å². The fourth-order valence-corrected chi connectivity index (χ4v) is 5.13. The first-order valence-electron chi connectivity index (χ1n) is 12.0. The second kappa shape index (κ2) is 11.7. The zero-order chi connectivity index (χ0) is 26.5. The molecule has 1 saturated heterocycles. The van der Waals surface area contributed by atoms with E-state index in [9.17, 15) is 14.4 Å². The molecule has 1 aromatic heterocycles. The number of ether oxygens (including phenoxy) is 1. The Morgan fingerprint density at radius 2 is 1.84 bits per heavy atom. The molecule has 0 saturated carbocycles.